The number of nitrogens with zero attached hydrogens (tertiary/aromatic N) is 3. The highest BCUT2D eigenvalue weighted by molar-refractivity contribution is 7.07. The third-order valence-corrected chi connectivity index (χ3v) is 4.13. The van der Waals surface area contributed by atoms with Gasteiger partial charge >= 0.3 is 0 Å². The van der Waals surface area contributed by atoms with Crippen molar-refractivity contribution < 1.29 is 5.11 Å². The molecule has 6 heteroatoms. The van der Waals surface area contributed by atoms with Crippen LogP contribution in [0.15, 0.2) is 29.2 Å². The molecule has 3 rings (SSSR count). The molecule has 0 amide bonds. The van der Waals surface area contributed by atoms with Crippen LogP contribution in [0, 0.1) is 0 Å². The van der Waals surface area contributed by atoms with Gasteiger partial charge in [0.1, 0.15) is 0 Å². The first kappa shape index (κ1) is 13.3. The number of anilines is 2. The molecule has 5 nitrogen and oxygen atoms in total. The Morgan fingerprint density at radius 2 is 2.20 bits per heavy atom. The van der Waals surface area contributed by atoms with Crippen LogP contribution >= 0.6 is 11.3 Å². The fourth-order valence-corrected chi connectivity index (χ4v) is 2.93. The van der Waals surface area contributed by atoms with Gasteiger partial charge in [0.2, 0.25) is 0 Å². The minimum absolute atomic E-state index is 0.165. The Balaban J connectivity index is 1.71. The monoisotopic (exact) mass is 290 g/mol. The molecule has 20 heavy (non-hydrogen) atoms. The van der Waals surface area contributed by atoms with Crippen molar-refractivity contribution in [3.8, 4) is 0 Å². The van der Waals surface area contributed by atoms with Gasteiger partial charge in [-0.3, -0.25) is 0 Å². The Morgan fingerprint density at radius 1 is 1.35 bits per heavy atom. The molecule has 0 unspecified atom stereocenters. The summed E-state index contributed by atoms with van der Waals surface area (Å²) >= 11 is 1.60. The number of aromatic nitrogens is 2. The van der Waals surface area contributed by atoms with E-state index in [1.807, 2.05) is 29.2 Å². The van der Waals surface area contributed by atoms with Crippen molar-refractivity contribution in [3.63, 3.8) is 0 Å². The van der Waals surface area contributed by atoms with Gasteiger partial charge < -0.3 is 15.3 Å². The molecule has 2 aromatic rings. The summed E-state index contributed by atoms with van der Waals surface area (Å²) in [6.45, 7) is 2.41. The number of hydrogen-bond acceptors (Lipinski definition) is 6. The van der Waals surface area contributed by atoms with Crippen molar-refractivity contribution in [2.24, 2.45) is 0 Å². The van der Waals surface area contributed by atoms with Gasteiger partial charge in [0, 0.05) is 24.7 Å². The summed E-state index contributed by atoms with van der Waals surface area (Å²) in [7, 11) is 0. The highest BCUT2D eigenvalue weighted by atomic mass is 32.1. The third-order valence-electron chi connectivity index (χ3n) is 3.49. The maximum absolute atomic E-state index is 9.60. The average Bonchev–Trinajstić information content (AvgIpc) is 3.00. The number of aliphatic hydroxyl groups excluding tert-OH is 1. The quantitative estimate of drug-likeness (QED) is 0.903. The number of rotatable bonds is 4. The first-order chi connectivity index (χ1) is 9.83. The Bertz CT molecular complexity index is 538. The largest absolute Gasteiger partial charge is 0.393 e. The predicted molar refractivity (Wildman–Crippen MR) is 81.1 cm³/mol. The van der Waals surface area contributed by atoms with Crippen LogP contribution in [0.25, 0.3) is 0 Å². The van der Waals surface area contributed by atoms with E-state index in [9.17, 15) is 5.11 Å². The standard InChI is InChI=1S/C14H18N4OS/c19-12-3-6-18(7-4-12)14-13(2-1-5-15-14)16-8-11-9-20-10-17-11/h1-2,5,9-10,12,16,19H,3-4,6-8H2. The first-order valence-corrected chi connectivity index (χ1v) is 7.76. The summed E-state index contributed by atoms with van der Waals surface area (Å²) in [6, 6.07) is 3.98. The Kier molecular flexibility index (Phi) is 4.13. The molecule has 2 N–H and O–H groups in total. The molecule has 0 aliphatic carbocycles. The first-order valence-electron chi connectivity index (χ1n) is 6.82. The van der Waals surface area contributed by atoms with Crippen molar-refractivity contribution >= 4 is 22.8 Å². The second kappa shape index (κ2) is 6.19. The topological polar surface area (TPSA) is 61.3 Å². The maximum atomic E-state index is 9.60. The molecule has 3 heterocycles. The SMILES string of the molecule is OC1CCN(c2ncccc2NCc2cscn2)CC1. The van der Waals surface area contributed by atoms with Crippen LogP contribution in [0.5, 0.6) is 0 Å². The number of piperidine rings is 1. The molecule has 106 valence electrons. The van der Waals surface area contributed by atoms with E-state index in [4.69, 9.17) is 0 Å². The van der Waals surface area contributed by atoms with Gasteiger partial charge in [-0.25, -0.2) is 9.97 Å². The molecule has 0 aromatic carbocycles. The lowest BCUT2D eigenvalue weighted by Crippen LogP contribution is -2.36. The lowest BCUT2D eigenvalue weighted by atomic mass is 10.1. The zero-order chi connectivity index (χ0) is 13.8. The van der Waals surface area contributed by atoms with Gasteiger partial charge in [0.05, 0.1) is 29.5 Å². The van der Waals surface area contributed by atoms with Gasteiger partial charge in [-0.2, -0.15) is 0 Å². The van der Waals surface area contributed by atoms with E-state index in [1.54, 1.807) is 11.3 Å². The minimum Gasteiger partial charge on any atom is -0.393 e. The van der Waals surface area contributed by atoms with E-state index >= 15 is 0 Å². The van der Waals surface area contributed by atoms with Gasteiger partial charge in [0.25, 0.3) is 0 Å². The van der Waals surface area contributed by atoms with Crippen LogP contribution in [0.2, 0.25) is 0 Å². The summed E-state index contributed by atoms with van der Waals surface area (Å²) in [5.74, 6) is 0.967. The van der Waals surface area contributed by atoms with Crippen molar-refractivity contribution in [1.29, 1.82) is 0 Å². The summed E-state index contributed by atoms with van der Waals surface area (Å²) in [5, 5.41) is 15.0. The minimum atomic E-state index is -0.165. The van der Waals surface area contributed by atoms with E-state index in [0.29, 0.717) is 6.54 Å². The van der Waals surface area contributed by atoms with Crippen LogP contribution in [0.4, 0.5) is 11.5 Å². The van der Waals surface area contributed by atoms with Crippen LogP contribution < -0.4 is 10.2 Å². The van der Waals surface area contributed by atoms with E-state index in [1.165, 1.54) is 0 Å². The van der Waals surface area contributed by atoms with Crippen LogP contribution in [-0.2, 0) is 6.54 Å². The Hall–Kier alpha value is -1.66. The van der Waals surface area contributed by atoms with Crippen LogP contribution in [0.3, 0.4) is 0 Å². The zero-order valence-electron chi connectivity index (χ0n) is 11.2. The van der Waals surface area contributed by atoms with Crippen molar-refractivity contribution in [2.45, 2.75) is 25.5 Å². The second-order valence-corrected chi connectivity index (χ2v) is 5.64. The van der Waals surface area contributed by atoms with Gasteiger partial charge in [-0.1, -0.05) is 0 Å². The lowest BCUT2D eigenvalue weighted by molar-refractivity contribution is 0.145. The van der Waals surface area contributed by atoms with E-state index in [-0.39, 0.29) is 6.10 Å². The molecule has 0 atom stereocenters. The molecule has 0 saturated carbocycles. The molecular weight excluding hydrogens is 272 g/mol. The highest BCUT2D eigenvalue weighted by Crippen LogP contribution is 2.26. The normalized spacial score (nSPS) is 16.4. The fraction of sp³-hybridized carbons (Fsp3) is 0.429. The number of pyridine rings is 1. The Labute approximate surface area is 122 Å². The molecule has 1 fully saturated rings. The molecule has 1 aliphatic rings. The third kappa shape index (κ3) is 3.08. The Morgan fingerprint density at radius 3 is 2.95 bits per heavy atom. The van der Waals surface area contributed by atoms with Gasteiger partial charge in [-0.15, -0.1) is 11.3 Å². The summed E-state index contributed by atoms with van der Waals surface area (Å²) in [4.78, 5) is 11.0. The second-order valence-electron chi connectivity index (χ2n) is 4.93. The molecule has 0 spiro atoms. The summed E-state index contributed by atoms with van der Waals surface area (Å²) in [6.07, 6.45) is 3.26. The van der Waals surface area contributed by atoms with Gasteiger partial charge in [0.15, 0.2) is 5.82 Å². The van der Waals surface area contributed by atoms with E-state index in [2.05, 4.69) is 20.2 Å². The number of thiazole rings is 1. The molecule has 0 bridgehead atoms. The van der Waals surface area contributed by atoms with E-state index in [0.717, 1.165) is 43.1 Å². The smallest absolute Gasteiger partial charge is 0.151 e. The average molecular weight is 290 g/mol. The molecule has 1 saturated heterocycles. The molecular formula is C14H18N4OS. The van der Waals surface area contributed by atoms with Crippen LogP contribution in [-0.4, -0.2) is 34.3 Å². The number of aliphatic hydroxyl groups is 1. The number of hydrogen-bond donors (Lipinski definition) is 2. The van der Waals surface area contributed by atoms with Crippen molar-refractivity contribution in [1.82, 2.24) is 9.97 Å². The fourth-order valence-electron chi connectivity index (χ4n) is 2.38. The summed E-state index contributed by atoms with van der Waals surface area (Å²) < 4.78 is 0. The van der Waals surface area contributed by atoms with Crippen molar-refractivity contribution in [3.05, 3.63) is 34.9 Å². The van der Waals surface area contributed by atoms with Crippen molar-refractivity contribution in [2.75, 3.05) is 23.3 Å². The lowest BCUT2D eigenvalue weighted by Gasteiger charge is -2.31. The zero-order valence-corrected chi connectivity index (χ0v) is 12.0. The molecule has 1 aliphatic heterocycles. The predicted octanol–water partition coefficient (Wildman–Crippen LogP) is 2.11. The number of nitrogens with one attached hydrogen (secondary N) is 1. The summed E-state index contributed by atoms with van der Waals surface area (Å²) in [5.41, 5.74) is 3.91. The maximum Gasteiger partial charge on any atom is 0.151 e. The highest BCUT2D eigenvalue weighted by Gasteiger charge is 2.20. The van der Waals surface area contributed by atoms with Gasteiger partial charge in [-0.05, 0) is 25.0 Å². The molecule has 0 radical (unpaired) electrons. The molecule has 2 aromatic heterocycles. The van der Waals surface area contributed by atoms with Crippen LogP contribution in [0.1, 0.15) is 18.5 Å². The van der Waals surface area contributed by atoms with E-state index < -0.39 is 0 Å².